The standard InChI is InChI=1S/C11H17N3O2/c12-11(4-5-11)10-13-9(14-16-10)7-8-3-1-2-6-15-8/h8H,1-7,12H2. The average Bonchev–Trinajstić information content (AvgIpc) is 2.88. The molecule has 1 aliphatic carbocycles. The number of hydrogen-bond acceptors (Lipinski definition) is 5. The van der Waals surface area contributed by atoms with Crippen LogP contribution < -0.4 is 5.73 Å². The van der Waals surface area contributed by atoms with Crippen LogP contribution in [0.4, 0.5) is 0 Å². The van der Waals surface area contributed by atoms with Gasteiger partial charge in [-0.25, -0.2) is 0 Å². The summed E-state index contributed by atoms with van der Waals surface area (Å²) in [6.07, 6.45) is 6.41. The van der Waals surface area contributed by atoms with E-state index in [1.807, 2.05) is 0 Å². The topological polar surface area (TPSA) is 74.2 Å². The van der Waals surface area contributed by atoms with Crippen molar-refractivity contribution in [3.8, 4) is 0 Å². The highest BCUT2D eigenvalue weighted by Crippen LogP contribution is 2.41. The Morgan fingerprint density at radius 3 is 2.94 bits per heavy atom. The first kappa shape index (κ1) is 10.2. The zero-order chi connectivity index (χ0) is 11.0. The molecule has 1 aromatic heterocycles. The molecule has 1 saturated heterocycles. The van der Waals surface area contributed by atoms with Crippen LogP contribution in [0.5, 0.6) is 0 Å². The maximum absolute atomic E-state index is 5.99. The minimum absolute atomic E-state index is 0.257. The summed E-state index contributed by atoms with van der Waals surface area (Å²) in [5, 5.41) is 3.97. The summed E-state index contributed by atoms with van der Waals surface area (Å²) in [6.45, 7) is 0.857. The van der Waals surface area contributed by atoms with Gasteiger partial charge in [-0.15, -0.1) is 0 Å². The number of hydrogen-bond donors (Lipinski definition) is 1. The van der Waals surface area contributed by atoms with Crippen LogP contribution in [0.15, 0.2) is 4.52 Å². The Morgan fingerprint density at radius 1 is 1.38 bits per heavy atom. The van der Waals surface area contributed by atoms with E-state index in [0.29, 0.717) is 5.89 Å². The summed E-state index contributed by atoms with van der Waals surface area (Å²) in [4.78, 5) is 4.36. The molecule has 2 aliphatic rings. The van der Waals surface area contributed by atoms with Crippen LogP contribution in [0.1, 0.15) is 43.8 Å². The highest BCUT2D eigenvalue weighted by Gasteiger charge is 2.45. The molecule has 5 nitrogen and oxygen atoms in total. The van der Waals surface area contributed by atoms with Gasteiger partial charge in [0, 0.05) is 13.0 Å². The van der Waals surface area contributed by atoms with Crippen LogP contribution in [0, 0.1) is 0 Å². The molecule has 0 radical (unpaired) electrons. The van der Waals surface area contributed by atoms with Gasteiger partial charge >= 0.3 is 0 Å². The lowest BCUT2D eigenvalue weighted by Crippen LogP contribution is -2.22. The van der Waals surface area contributed by atoms with Gasteiger partial charge in [-0.3, -0.25) is 0 Å². The average molecular weight is 223 g/mol. The van der Waals surface area contributed by atoms with Crippen molar-refractivity contribution in [3.63, 3.8) is 0 Å². The lowest BCUT2D eigenvalue weighted by molar-refractivity contribution is 0.0153. The summed E-state index contributed by atoms with van der Waals surface area (Å²) in [6, 6.07) is 0. The van der Waals surface area contributed by atoms with Gasteiger partial charge in [-0.2, -0.15) is 4.98 Å². The third kappa shape index (κ3) is 1.97. The van der Waals surface area contributed by atoms with Gasteiger partial charge in [0.1, 0.15) is 0 Å². The number of nitrogens with two attached hydrogens (primary N) is 1. The molecule has 5 heteroatoms. The summed E-state index contributed by atoms with van der Waals surface area (Å²) < 4.78 is 10.8. The van der Waals surface area contributed by atoms with Crippen molar-refractivity contribution in [3.05, 3.63) is 11.7 Å². The quantitative estimate of drug-likeness (QED) is 0.831. The summed E-state index contributed by atoms with van der Waals surface area (Å²) in [5.74, 6) is 1.33. The van der Waals surface area contributed by atoms with Gasteiger partial charge in [0.25, 0.3) is 0 Å². The molecule has 1 unspecified atom stereocenters. The van der Waals surface area contributed by atoms with Crippen molar-refractivity contribution in [1.82, 2.24) is 10.1 Å². The van der Waals surface area contributed by atoms with E-state index in [-0.39, 0.29) is 11.6 Å². The van der Waals surface area contributed by atoms with Gasteiger partial charge in [0.05, 0.1) is 11.6 Å². The van der Waals surface area contributed by atoms with Crippen LogP contribution >= 0.6 is 0 Å². The third-order valence-electron chi connectivity index (χ3n) is 3.37. The van der Waals surface area contributed by atoms with Gasteiger partial charge in [0.2, 0.25) is 5.89 Å². The Kier molecular flexibility index (Phi) is 2.44. The van der Waals surface area contributed by atoms with E-state index in [1.165, 1.54) is 12.8 Å². The molecule has 1 saturated carbocycles. The van der Waals surface area contributed by atoms with E-state index in [9.17, 15) is 0 Å². The van der Waals surface area contributed by atoms with Crippen LogP contribution in [-0.2, 0) is 16.7 Å². The molecule has 1 atom stereocenters. The highest BCUT2D eigenvalue weighted by molar-refractivity contribution is 5.11. The monoisotopic (exact) mass is 223 g/mol. The first-order valence-electron chi connectivity index (χ1n) is 6.00. The molecular formula is C11H17N3O2. The van der Waals surface area contributed by atoms with Gasteiger partial charge in [-0.05, 0) is 32.1 Å². The minimum Gasteiger partial charge on any atom is -0.378 e. The smallest absolute Gasteiger partial charge is 0.246 e. The normalized spacial score (nSPS) is 27.9. The summed E-state index contributed by atoms with van der Waals surface area (Å²) >= 11 is 0. The Balaban J connectivity index is 1.63. The second kappa shape index (κ2) is 3.82. The first-order valence-corrected chi connectivity index (χ1v) is 6.00. The molecule has 88 valence electrons. The lowest BCUT2D eigenvalue weighted by Gasteiger charge is -2.20. The van der Waals surface area contributed by atoms with Gasteiger partial charge in [0.15, 0.2) is 5.82 Å². The van der Waals surface area contributed by atoms with Crippen molar-refractivity contribution in [1.29, 1.82) is 0 Å². The zero-order valence-corrected chi connectivity index (χ0v) is 9.32. The van der Waals surface area contributed by atoms with Gasteiger partial charge in [-0.1, -0.05) is 5.16 Å². The van der Waals surface area contributed by atoms with Crippen LogP contribution in [0.3, 0.4) is 0 Å². The van der Waals surface area contributed by atoms with Crippen molar-refractivity contribution in [2.75, 3.05) is 6.61 Å². The molecule has 1 aromatic rings. The molecule has 1 aliphatic heterocycles. The Labute approximate surface area is 94.3 Å². The van der Waals surface area contributed by atoms with Crippen molar-refractivity contribution < 1.29 is 9.26 Å². The maximum atomic E-state index is 5.99. The van der Waals surface area contributed by atoms with Crippen molar-refractivity contribution >= 4 is 0 Å². The fraction of sp³-hybridized carbons (Fsp3) is 0.818. The molecule has 2 heterocycles. The molecule has 0 spiro atoms. The Hall–Kier alpha value is -0.940. The number of rotatable bonds is 3. The maximum Gasteiger partial charge on any atom is 0.246 e. The second-order valence-corrected chi connectivity index (χ2v) is 4.86. The van der Waals surface area contributed by atoms with E-state index in [2.05, 4.69) is 10.1 Å². The largest absolute Gasteiger partial charge is 0.378 e. The van der Waals surface area contributed by atoms with Crippen molar-refractivity contribution in [2.24, 2.45) is 5.73 Å². The molecular weight excluding hydrogens is 206 g/mol. The fourth-order valence-corrected chi connectivity index (χ4v) is 2.06. The van der Waals surface area contributed by atoms with E-state index >= 15 is 0 Å². The second-order valence-electron chi connectivity index (χ2n) is 4.86. The summed E-state index contributed by atoms with van der Waals surface area (Å²) in [5.41, 5.74) is 5.67. The van der Waals surface area contributed by atoms with E-state index < -0.39 is 0 Å². The Bertz CT molecular complexity index is 367. The molecule has 0 aromatic carbocycles. The van der Waals surface area contributed by atoms with Crippen LogP contribution in [0.25, 0.3) is 0 Å². The number of nitrogens with zero attached hydrogens (tertiary/aromatic N) is 2. The third-order valence-corrected chi connectivity index (χ3v) is 3.37. The lowest BCUT2D eigenvalue weighted by atomic mass is 10.1. The molecule has 2 N–H and O–H groups in total. The molecule has 16 heavy (non-hydrogen) atoms. The van der Waals surface area contributed by atoms with E-state index in [0.717, 1.165) is 38.1 Å². The molecule has 3 rings (SSSR count). The summed E-state index contributed by atoms with van der Waals surface area (Å²) in [7, 11) is 0. The molecule has 2 fully saturated rings. The molecule has 0 amide bonds. The highest BCUT2D eigenvalue weighted by atomic mass is 16.5. The van der Waals surface area contributed by atoms with E-state index in [4.69, 9.17) is 15.0 Å². The van der Waals surface area contributed by atoms with Gasteiger partial charge < -0.3 is 15.0 Å². The SMILES string of the molecule is NC1(c2nc(CC3CCCCO3)no2)CC1. The minimum atomic E-state index is -0.321. The number of aromatic nitrogens is 2. The van der Waals surface area contributed by atoms with Crippen molar-refractivity contribution in [2.45, 2.75) is 50.2 Å². The van der Waals surface area contributed by atoms with Crippen LogP contribution in [-0.4, -0.2) is 22.9 Å². The fourth-order valence-electron chi connectivity index (χ4n) is 2.06. The number of ether oxygens (including phenoxy) is 1. The predicted molar refractivity (Wildman–Crippen MR) is 56.7 cm³/mol. The van der Waals surface area contributed by atoms with Crippen LogP contribution in [0.2, 0.25) is 0 Å². The Morgan fingerprint density at radius 2 is 2.25 bits per heavy atom. The predicted octanol–water partition coefficient (Wildman–Crippen LogP) is 1.13. The first-order chi connectivity index (χ1) is 7.76. The molecule has 0 bridgehead atoms. The zero-order valence-electron chi connectivity index (χ0n) is 9.32. The van der Waals surface area contributed by atoms with E-state index in [1.54, 1.807) is 0 Å².